The zero-order valence-corrected chi connectivity index (χ0v) is 20.9. The summed E-state index contributed by atoms with van der Waals surface area (Å²) in [7, 11) is 1.76. The van der Waals surface area contributed by atoms with Crippen LogP contribution in [0.25, 0.3) is 0 Å². The maximum atomic E-state index is 14.1. The van der Waals surface area contributed by atoms with Crippen LogP contribution in [0.4, 0.5) is 0 Å². The second kappa shape index (κ2) is 9.46. The van der Waals surface area contributed by atoms with Crippen molar-refractivity contribution in [1.29, 1.82) is 0 Å². The Morgan fingerprint density at radius 2 is 1.71 bits per heavy atom. The first-order chi connectivity index (χ1) is 16.2. The first-order valence-electron chi connectivity index (χ1n) is 12.8. The van der Waals surface area contributed by atoms with Crippen molar-refractivity contribution in [3.05, 3.63) is 24.3 Å². The average Bonchev–Trinajstić information content (AvgIpc) is 3.09. The van der Waals surface area contributed by atoms with Crippen molar-refractivity contribution in [2.75, 3.05) is 33.3 Å². The lowest BCUT2D eigenvalue weighted by atomic mass is 9.73. The topological polar surface area (TPSA) is 90.4 Å². The maximum absolute atomic E-state index is 14.1. The Labute approximate surface area is 202 Å². The Hall–Kier alpha value is -2.19. The number of rotatable bonds is 8. The Balaban J connectivity index is 1.78. The van der Waals surface area contributed by atoms with Gasteiger partial charge in [0.1, 0.15) is 11.6 Å². The van der Waals surface area contributed by atoms with E-state index in [0.29, 0.717) is 26.1 Å². The first kappa shape index (κ1) is 24.9. The molecule has 8 nitrogen and oxygen atoms in total. The van der Waals surface area contributed by atoms with Gasteiger partial charge in [-0.3, -0.25) is 14.4 Å². The standard InChI is InChI=1S/C26H39N3O5/c1-5-25-12-10-14-27(4)22(31)19(25)20-23(32)29(15-8-6-7-9-17-30)21-24(33)28(18(2)3)16-11-13-26(20,21)34-25/h10-13,18-21,30H,5-9,14-17H2,1-4H3/t19-,20-,21?,25+,26-/m0/s1. The number of carbonyl (C=O) groups excluding carboxylic acids is 3. The van der Waals surface area contributed by atoms with Crippen LogP contribution in [0.1, 0.15) is 52.9 Å². The van der Waals surface area contributed by atoms with Gasteiger partial charge in [0.15, 0.2) is 0 Å². The minimum atomic E-state index is -1.16. The van der Waals surface area contributed by atoms with Gasteiger partial charge in [-0.1, -0.05) is 44.1 Å². The Kier molecular flexibility index (Phi) is 6.93. The number of amides is 3. The molecular weight excluding hydrogens is 434 g/mol. The molecule has 8 heteroatoms. The third kappa shape index (κ3) is 3.70. The van der Waals surface area contributed by atoms with Crippen molar-refractivity contribution in [2.45, 2.75) is 76.2 Å². The minimum Gasteiger partial charge on any atom is -0.396 e. The molecule has 188 valence electrons. The van der Waals surface area contributed by atoms with Crippen molar-refractivity contribution in [2.24, 2.45) is 11.8 Å². The summed E-state index contributed by atoms with van der Waals surface area (Å²) in [6.07, 6.45) is 11.5. The molecule has 0 saturated carbocycles. The normalized spacial score (nSPS) is 35.1. The lowest BCUT2D eigenvalue weighted by Gasteiger charge is -2.39. The van der Waals surface area contributed by atoms with Gasteiger partial charge >= 0.3 is 0 Å². The van der Waals surface area contributed by atoms with E-state index in [1.165, 1.54) is 0 Å². The fourth-order valence-electron chi connectivity index (χ4n) is 6.35. The van der Waals surface area contributed by atoms with Crippen LogP contribution in [-0.2, 0) is 19.1 Å². The van der Waals surface area contributed by atoms with Crippen LogP contribution in [0, 0.1) is 11.8 Å². The molecule has 3 amide bonds. The van der Waals surface area contributed by atoms with Crippen LogP contribution < -0.4 is 0 Å². The van der Waals surface area contributed by atoms with Crippen LogP contribution in [0.15, 0.2) is 24.3 Å². The fraction of sp³-hybridized carbons (Fsp3) is 0.731. The molecular formula is C26H39N3O5. The molecule has 4 rings (SSSR count). The molecule has 1 unspecified atom stereocenters. The predicted molar refractivity (Wildman–Crippen MR) is 128 cm³/mol. The number of fused-ring (bicyclic) bond motifs is 2. The minimum absolute atomic E-state index is 0.0208. The summed E-state index contributed by atoms with van der Waals surface area (Å²) in [5.41, 5.74) is -2.08. The number of ether oxygens (including phenoxy) is 1. The van der Waals surface area contributed by atoms with Gasteiger partial charge in [-0.15, -0.1) is 0 Å². The monoisotopic (exact) mass is 473 g/mol. The smallest absolute Gasteiger partial charge is 0.249 e. The SMILES string of the molecule is CC[C@@]12C=CCN(C)C(=O)[C@@H]1[C@H]1C(=O)N(CCCCCCO)C3C(=O)N(C(C)C)CC=C[C@@]31O2. The summed E-state index contributed by atoms with van der Waals surface area (Å²) < 4.78 is 6.88. The molecule has 0 aromatic carbocycles. The van der Waals surface area contributed by atoms with Gasteiger partial charge in [-0.05, 0) is 33.1 Å². The maximum Gasteiger partial charge on any atom is 0.249 e. The van der Waals surface area contributed by atoms with E-state index < -0.39 is 29.1 Å². The van der Waals surface area contributed by atoms with E-state index in [4.69, 9.17) is 9.84 Å². The summed E-state index contributed by atoms with van der Waals surface area (Å²) in [5.74, 6) is -1.78. The Morgan fingerprint density at radius 3 is 2.38 bits per heavy atom. The van der Waals surface area contributed by atoms with E-state index in [1.807, 2.05) is 45.1 Å². The highest BCUT2D eigenvalue weighted by Crippen LogP contribution is 2.58. The van der Waals surface area contributed by atoms with E-state index in [0.717, 1.165) is 25.7 Å². The fourth-order valence-corrected chi connectivity index (χ4v) is 6.35. The van der Waals surface area contributed by atoms with E-state index in [-0.39, 0.29) is 30.4 Å². The third-order valence-corrected chi connectivity index (χ3v) is 8.10. The van der Waals surface area contributed by atoms with E-state index in [2.05, 4.69) is 0 Å². The van der Waals surface area contributed by atoms with Crippen molar-refractivity contribution < 1.29 is 24.2 Å². The largest absolute Gasteiger partial charge is 0.396 e. The van der Waals surface area contributed by atoms with Crippen molar-refractivity contribution in [3.63, 3.8) is 0 Å². The molecule has 4 aliphatic heterocycles. The number of nitrogens with zero attached hydrogens (tertiary/aromatic N) is 3. The number of hydrogen-bond acceptors (Lipinski definition) is 5. The molecule has 5 atom stereocenters. The van der Waals surface area contributed by atoms with Gasteiger partial charge in [0.25, 0.3) is 0 Å². The first-order valence-corrected chi connectivity index (χ1v) is 12.8. The summed E-state index contributed by atoms with van der Waals surface area (Å²) in [5, 5.41) is 9.08. The van der Waals surface area contributed by atoms with Gasteiger partial charge < -0.3 is 24.5 Å². The van der Waals surface area contributed by atoms with Crippen molar-refractivity contribution in [1.82, 2.24) is 14.7 Å². The summed E-state index contributed by atoms with van der Waals surface area (Å²) in [4.78, 5) is 46.8. The molecule has 0 aliphatic carbocycles. The molecule has 2 saturated heterocycles. The molecule has 0 bridgehead atoms. The number of hydrogen-bond donors (Lipinski definition) is 1. The Morgan fingerprint density at radius 1 is 1.00 bits per heavy atom. The lowest BCUT2D eigenvalue weighted by molar-refractivity contribution is -0.154. The quantitative estimate of drug-likeness (QED) is 0.428. The van der Waals surface area contributed by atoms with Gasteiger partial charge in [0.2, 0.25) is 17.7 Å². The predicted octanol–water partition coefficient (Wildman–Crippen LogP) is 1.74. The number of unbranched alkanes of at least 4 members (excludes halogenated alkanes) is 3. The number of likely N-dealkylation sites (N-methyl/N-ethyl adjacent to an activating group) is 1. The second-order valence-electron chi connectivity index (χ2n) is 10.4. The van der Waals surface area contributed by atoms with Crippen molar-refractivity contribution in [3.8, 4) is 0 Å². The van der Waals surface area contributed by atoms with Gasteiger partial charge in [-0.25, -0.2) is 0 Å². The number of aliphatic hydroxyl groups is 1. The third-order valence-electron chi connectivity index (χ3n) is 8.10. The molecule has 1 N–H and O–H groups in total. The molecule has 0 aromatic heterocycles. The molecule has 1 spiro atoms. The average molecular weight is 474 g/mol. The van der Waals surface area contributed by atoms with Crippen LogP contribution in [0.3, 0.4) is 0 Å². The molecule has 4 aliphatic rings. The van der Waals surface area contributed by atoms with E-state index >= 15 is 0 Å². The van der Waals surface area contributed by atoms with Crippen molar-refractivity contribution >= 4 is 17.7 Å². The summed E-state index contributed by atoms with van der Waals surface area (Å²) in [6, 6.07) is -0.807. The molecule has 34 heavy (non-hydrogen) atoms. The van der Waals surface area contributed by atoms with Crippen LogP contribution in [0.5, 0.6) is 0 Å². The van der Waals surface area contributed by atoms with Gasteiger partial charge in [0, 0.05) is 39.3 Å². The second-order valence-corrected chi connectivity index (χ2v) is 10.4. The Bertz CT molecular complexity index is 886. The highest BCUT2D eigenvalue weighted by atomic mass is 16.5. The van der Waals surface area contributed by atoms with Crippen LogP contribution in [-0.4, -0.2) is 94.1 Å². The zero-order valence-electron chi connectivity index (χ0n) is 20.9. The number of aliphatic hydroxyl groups excluding tert-OH is 1. The molecule has 0 aromatic rings. The van der Waals surface area contributed by atoms with Crippen LogP contribution in [0.2, 0.25) is 0 Å². The van der Waals surface area contributed by atoms with Gasteiger partial charge in [-0.2, -0.15) is 0 Å². The number of likely N-dealkylation sites (tertiary alicyclic amines) is 1. The zero-order chi connectivity index (χ0) is 24.7. The highest BCUT2D eigenvalue weighted by Gasteiger charge is 2.75. The molecule has 2 fully saturated rings. The van der Waals surface area contributed by atoms with E-state index in [1.54, 1.807) is 21.7 Å². The molecule has 0 radical (unpaired) electrons. The van der Waals surface area contributed by atoms with Crippen LogP contribution >= 0.6 is 0 Å². The van der Waals surface area contributed by atoms with E-state index in [9.17, 15) is 14.4 Å². The highest BCUT2D eigenvalue weighted by molar-refractivity contribution is 6.00. The lowest BCUT2D eigenvalue weighted by Crippen LogP contribution is -2.57. The van der Waals surface area contributed by atoms with Gasteiger partial charge in [0.05, 0.1) is 17.4 Å². The molecule has 4 heterocycles. The number of carbonyl (C=O) groups is 3. The summed E-state index contributed by atoms with van der Waals surface area (Å²) >= 11 is 0. The summed E-state index contributed by atoms with van der Waals surface area (Å²) in [6.45, 7) is 7.46.